The smallest absolute Gasteiger partial charge is 0.254 e. The topological polar surface area (TPSA) is 34.5 Å². The molecule has 0 atom stereocenters. The van der Waals surface area contributed by atoms with Gasteiger partial charge in [0.05, 0.1) is 13.2 Å². The lowest BCUT2D eigenvalue weighted by Gasteiger charge is -2.23. The van der Waals surface area contributed by atoms with Crippen LogP contribution in [0, 0.1) is 0 Å². The fourth-order valence-electron chi connectivity index (χ4n) is 3.03. The number of hydrogen-bond donors (Lipinski definition) is 0. The van der Waals surface area contributed by atoms with Crippen molar-refractivity contribution in [2.75, 3.05) is 20.3 Å². The number of ether oxygens (including phenoxy) is 1. The molecule has 0 aliphatic rings. The molecule has 0 radical (unpaired) electrons. The van der Waals surface area contributed by atoms with E-state index in [0.717, 1.165) is 11.3 Å². The van der Waals surface area contributed by atoms with Crippen LogP contribution in [0.3, 0.4) is 0 Å². The third-order valence-corrected chi connectivity index (χ3v) is 4.91. The van der Waals surface area contributed by atoms with E-state index in [9.17, 15) is 4.79 Å². The molecule has 3 aromatic rings. The third kappa shape index (κ3) is 5.38. The van der Waals surface area contributed by atoms with Gasteiger partial charge in [0.15, 0.2) is 0 Å². The minimum absolute atomic E-state index is 0.0740. The van der Waals surface area contributed by atoms with Crippen LogP contribution in [-0.4, -0.2) is 35.6 Å². The van der Waals surface area contributed by atoms with Gasteiger partial charge in [-0.1, -0.05) is 41.4 Å². The molecule has 4 nitrogen and oxygen atoms in total. The van der Waals surface area contributed by atoms with Crippen molar-refractivity contribution in [1.29, 1.82) is 0 Å². The lowest BCUT2D eigenvalue weighted by atomic mass is 10.2. The zero-order valence-electron chi connectivity index (χ0n) is 15.6. The average molecular weight is 417 g/mol. The van der Waals surface area contributed by atoms with Crippen molar-refractivity contribution >= 4 is 29.1 Å². The summed E-state index contributed by atoms with van der Waals surface area (Å²) in [5.74, 6) is -0.0740. The van der Waals surface area contributed by atoms with Gasteiger partial charge in [0.25, 0.3) is 5.91 Å². The fraction of sp³-hybridized carbons (Fsp3) is 0.227. The number of carbonyl (C=O) groups excluding carboxylic acids is 1. The van der Waals surface area contributed by atoms with Crippen molar-refractivity contribution < 1.29 is 9.53 Å². The van der Waals surface area contributed by atoms with Crippen LogP contribution in [0.15, 0.2) is 66.9 Å². The summed E-state index contributed by atoms with van der Waals surface area (Å²) < 4.78 is 7.32. The molecule has 2 aromatic carbocycles. The summed E-state index contributed by atoms with van der Waals surface area (Å²) in [6, 6.07) is 18.8. The minimum atomic E-state index is -0.0740. The Labute approximate surface area is 175 Å². The molecular formula is C22H22Cl2N2O2. The first-order chi connectivity index (χ1) is 13.6. The SMILES string of the molecule is COCCN(Cc1cccn1Cc1cccc(Cl)c1)C(=O)c1cccc(Cl)c1. The lowest BCUT2D eigenvalue weighted by Crippen LogP contribution is -2.34. The highest BCUT2D eigenvalue weighted by atomic mass is 35.5. The summed E-state index contributed by atoms with van der Waals surface area (Å²) in [5, 5.41) is 1.26. The Bertz CT molecular complexity index is 940. The first kappa shape index (κ1) is 20.5. The molecule has 6 heteroatoms. The summed E-state index contributed by atoms with van der Waals surface area (Å²) in [7, 11) is 1.63. The van der Waals surface area contributed by atoms with Crippen LogP contribution >= 0.6 is 23.2 Å². The predicted octanol–water partition coefficient (Wildman–Crippen LogP) is 5.13. The Morgan fingerprint density at radius 1 is 1.04 bits per heavy atom. The normalized spacial score (nSPS) is 10.8. The van der Waals surface area contributed by atoms with Crippen molar-refractivity contribution in [3.63, 3.8) is 0 Å². The second-order valence-electron chi connectivity index (χ2n) is 6.49. The first-order valence-corrected chi connectivity index (χ1v) is 9.74. The second kappa shape index (κ2) is 9.78. The number of nitrogens with zero attached hydrogens (tertiary/aromatic N) is 2. The zero-order chi connectivity index (χ0) is 19.9. The van der Waals surface area contributed by atoms with E-state index < -0.39 is 0 Å². The average Bonchev–Trinajstić information content (AvgIpc) is 3.11. The van der Waals surface area contributed by atoms with Gasteiger partial charge in [-0.15, -0.1) is 0 Å². The quantitative estimate of drug-likeness (QED) is 0.509. The molecule has 28 heavy (non-hydrogen) atoms. The number of aromatic nitrogens is 1. The van der Waals surface area contributed by atoms with E-state index in [1.54, 1.807) is 36.3 Å². The van der Waals surface area contributed by atoms with Crippen LogP contribution in [0.4, 0.5) is 0 Å². The maximum absolute atomic E-state index is 13.0. The Kier molecular flexibility index (Phi) is 7.15. The molecule has 0 saturated heterocycles. The van der Waals surface area contributed by atoms with Gasteiger partial charge in [0.1, 0.15) is 0 Å². The third-order valence-electron chi connectivity index (χ3n) is 4.44. The Hall–Kier alpha value is -2.27. The Morgan fingerprint density at radius 3 is 2.50 bits per heavy atom. The van der Waals surface area contributed by atoms with Crippen LogP contribution in [-0.2, 0) is 17.8 Å². The highest BCUT2D eigenvalue weighted by Crippen LogP contribution is 2.17. The number of amides is 1. The maximum atomic E-state index is 13.0. The number of methoxy groups -OCH3 is 1. The Balaban J connectivity index is 1.80. The van der Waals surface area contributed by atoms with Gasteiger partial charge >= 0.3 is 0 Å². The molecule has 1 amide bonds. The van der Waals surface area contributed by atoms with E-state index in [0.29, 0.717) is 41.8 Å². The van der Waals surface area contributed by atoms with Gasteiger partial charge < -0.3 is 14.2 Å². The van der Waals surface area contributed by atoms with Crippen molar-refractivity contribution in [2.24, 2.45) is 0 Å². The lowest BCUT2D eigenvalue weighted by molar-refractivity contribution is 0.0676. The van der Waals surface area contributed by atoms with E-state index in [1.807, 2.05) is 42.6 Å². The molecule has 0 unspecified atom stereocenters. The molecule has 0 aliphatic heterocycles. The summed E-state index contributed by atoms with van der Waals surface area (Å²) in [4.78, 5) is 14.8. The number of benzene rings is 2. The predicted molar refractivity (Wildman–Crippen MR) is 113 cm³/mol. The molecule has 0 spiro atoms. The molecule has 3 rings (SSSR count). The van der Waals surface area contributed by atoms with Gasteiger partial charge in [0, 0.05) is 47.7 Å². The molecule has 0 bridgehead atoms. The van der Waals surface area contributed by atoms with Gasteiger partial charge in [0.2, 0.25) is 0 Å². The molecule has 0 aliphatic carbocycles. The van der Waals surface area contributed by atoms with Crippen LogP contribution in [0.5, 0.6) is 0 Å². The van der Waals surface area contributed by atoms with Gasteiger partial charge in [-0.25, -0.2) is 0 Å². The molecule has 0 saturated carbocycles. The van der Waals surface area contributed by atoms with E-state index in [-0.39, 0.29) is 5.91 Å². The second-order valence-corrected chi connectivity index (χ2v) is 7.36. The molecule has 1 heterocycles. The molecule has 0 N–H and O–H groups in total. The largest absolute Gasteiger partial charge is 0.383 e. The molecular weight excluding hydrogens is 395 g/mol. The van der Waals surface area contributed by atoms with Crippen LogP contribution in [0.1, 0.15) is 21.6 Å². The van der Waals surface area contributed by atoms with Crippen LogP contribution in [0.25, 0.3) is 0 Å². The molecule has 1 aromatic heterocycles. The number of halogens is 2. The van der Waals surface area contributed by atoms with E-state index in [4.69, 9.17) is 27.9 Å². The van der Waals surface area contributed by atoms with Crippen molar-refractivity contribution in [3.8, 4) is 0 Å². The molecule has 0 fully saturated rings. The minimum Gasteiger partial charge on any atom is -0.383 e. The van der Waals surface area contributed by atoms with Crippen LogP contribution in [0.2, 0.25) is 10.0 Å². The first-order valence-electron chi connectivity index (χ1n) is 8.99. The highest BCUT2D eigenvalue weighted by molar-refractivity contribution is 6.31. The van der Waals surface area contributed by atoms with E-state index in [1.165, 1.54) is 0 Å². The van der Waals surface area contributed by atoms with Crippen molar-refractivity contribution in [2.45, 2.75) is 13.1 Å². The standard InChI is InChI=1S/C22H22Cl2N2O2/c1-28-12-11-26(22(27)18-6-3-8-20(24)14-18)16-21-9-4-10-25(21)15-17-5-2-7-19(23)13-17/h2-10,13-14H,11-12,15-16H2,1H3. The summed E-state index contributed by atoms with van der Waals surface area (Å²) in [6.07, 6.45) is 2.01. The zero-order valence-corrected chi connectivity index (χ0v) is 17.2. The van der Waals surface area contributed by atoms with Gasteiger partial charge in [-0.2, -0.15) is 0 Å². The van der Waals surface area contributed by atoms with Crippen molar-refractivity contribution in [1.82, 2.24) is 9.47 Å². The van der Waals surface area contributed by atoms with Crippen LogP contribution < -0.4 is 0 Å². The van der Waals surface area contributed by atoms with Crippen molar-refractivity contribution in [3.05, 3.63) is 93.7 Å². The van der Waals surface area contributed by atoms with E-state index >= 15 is 0 Å². The maximum Gasteiger partial charge on any atom is 0.254 e. The molecule has 146 valence electrons. The summed E-state index contributed by atoms with van der Waals surface area (Å²) in [6.45, 7) is 2.11. The summed E-state index contributed by atoms with van der Waals surface area (Å²) >= 11 is 12.2. The van der Waals surface area contributed by atoms with E-state index in [2.05, 4.69) is 4.57 Å². The fourth-order valence-corrected chi connectivity index (χ4v) is 3.44. The highest BCUT2D eigenvalue weighted by Gasteiger charge is 2.18. The number of hydrogen-bond acceptors (Lipinski definition) is 2. The number of carbonyl (C=O) groups is 1. The summed E-state index contributed by atoms with van der Waals surface area (Å²) in [5.41, 5.74) is 2.71. The van der Waals surface area contributed by atoms with Gasteiger partial charge in [-0.3, -0.25) is 4.79 Å². The number of rotatable bonds is 8. The monoisotopic (exact) mass is 416 g/mol. The Morgan fingerprint density at radius 2 is 1.79 bits per heavy atom. The van der Waals surface area contributed by atoms with Gasteiger partial charge in [-0.05, 0) is 48.0 Å².